The Morgan fingerprint density at radius 2 is 2.24 bits per heavy atom. The molecular formula is C13H21N3O. The Balaban J connectivity index is 2.12. The highest BCUT2D eigenvalue weighted by Gasteiger charge is 2.39. The largest absolute Gasteiger partial charge is 0.335 e. The molecule has 1 aliphatic rings. The van der Waals surface area contributed by atoms with Crippen LogP contribution in [0.5, 0.6) is 0 Å². The summed E-state index contributed by atoms with van der Waals surface area (Å²) in [6.45, 7) is 8.42. The van der Waals surface area contributed by atoms with Gasteiger partial charge in [0.25, 0.3) is 5.91 Å². The van der Waals surface area contributed by atoms with Crippen LogP contribution in [-0.4, -0.2) is 33.4 Å². The van der Waals surface area contributed by atoms with Crippen LogP contribution in [0.4, 0.5) is 0 Å². The molecule has 94 valence electrons. The van der Waals surface area contributed by atoms with E-state index < -0.39 is 0 Å². The Hall–Kier alpha value is -1.32. The van der Waals surface area contributed by atoms with E-state index in [-0.39, 0.29) is 11.3 Å². The van der Waals surface area contributed by atoms with Gasteiger partial charge in [0, 0.05) is 32.5 Å². The fourth-order valence-corrected chi connectivity index (χ4v) is 2.34. The maximum atomic E-state index is 12.3. The van der Waals surface area contributed by atoms with Gasteiger partial charge in [0.05, 0.1) is 0 Å². The lowest BCUT2D eigenvalue weighted by Gasteiger charge is -2.28. The van der Waals surface area contributed by atoms with Crippen molar-refractivity contribution in [3.8, 4) is 0 Å². The minimum Gasteiger partial charge on any atom is -0.335 e. The number of carbonyl (C=O) groups is 1. The molecule has 2 heterocycles. The molecule has 1 atom stereocenters. The van der Waals surface area contributed by atoms with Crippen LogP contribution in [-0.2, 0) is 7.05 Å². The molecule has 1 aliphatic heterocycles. The lowest BCUT2D eigenvalue weighted by atomic mass is 9.78. The van der Waals surface area contributed by atoms with E-state index in [1.165, 1.54) is 0 Å². The Labute approximate surface area is 103 Å². The molecule has 0 radical (unpaired) electrons. The number of amides is 1. The van der Waals surface area contributed by atoms with Gasteiger partial charge in [-0.05, 0) is 17.8 Å². The van der Waals surface area contributed by atoms with Crippen LogP contribution >= 0.6 is 0 Å². The van der Waals surface area contributed by atoms with Gasteiger partial charge in [-0.25, -0.2) is 4.98 Å². The van der Waals surface area contributed by atoms with E-state index in [1.54, 1.807) is 10.8 Å². The van der Waals surface area contributed by atoms with Crippen molar-refractivity contribution in [2.45, 2.75) is 27.2 Å². The van der Waals surface area contributed by atoms with E-state index >= 15 is 0 Å². The van der Waals surface area contributed by atoms with Crippen molar-refractivity contribution in [1.82, 2.24) is 14.5 Å². The maximum Gasteiger partial charge on any atom is 0.289 e. The molecule has 0 saturated carbocycles. The highest BCUT2D eigenvalue weighted by molar-refractivity contribution is 5.91. The van der Waals surface area contributed by atoms with E-state index in [2.05, 4.69) is 25.8 Å². The van der Waals surface area contributed by atoms with Crippen molar-refractivity contribution in [2.75, 3.05) is 13.1 Å². The predicted molar refractivity (Wildman–Crippen MR) is 66.7 cm³/mol. The Kier molecular flexibility index (Phi) is 2.98. The van der Waals surface area contributed by atoms with Gasteiger partial charge in [0.1, 0.15) is 0 Å². The van der Waals surface area contributed by atoms with Crippen molar-refractivity contribution in [1.29, 1.82) is 0 Å². The molecule has 0 spiro atoms. The van der Waals surface area contributed by atoms with Crippen LogP contribution in [0, 0.1) is 11.3 Å². The highest BCUT2D eigenvalue weighted by atomic mass is 16.2. The molecule has 1 aromatic heterocycles. The third-order valence-corrected chi connectivity index (χ3v) is 4.20. The molecular weight excluding hydrogens is 214 g/mol. The molecule has 0 unspecified atom stereocenters. The van der Waals surface area contributed by atoms with Gasteiger partial charge in [-0.1, -0.05) is 20.8 Å². The Morgan fingerprint density at radius 3 is 2.71 bits per heavy atom. The first kappa shape index (κ1) is 12.1. The summed E-state index contributed by atoms with van der Waals surface area (Å²) in [5.74, 6) is 1.20. The van der Waals surface area contributed by atoms with Crippen molar-refractivity contribution in [3.05, 3.63) is 18.2 Å². The number of likely N-dealkylation sites (tertiary alicyclic amines) is 1. The zero-order chi connectivity index (χ0) is 12.6. The lowest BCUT2D eigenvalue weighted by molar-refractivity contribution is 0.0748. The third-order valence-electron chi connectivity index (χ3n) is 4.20. The minimum absolute atomic E-state index is 0.0573. The van der Waals surface area contributed by atoms with Crippen LogP contribution in [0.3, 0.4) is 0 Å². The van der Waals surface area contributed by atoms with Crippen molar-refractivity contribution in [2.24, 2.45) is 18.4 Å². The molecule has 0 aromatic carbocycles. The van der Waals surface area contributed by atoms with E-state index in [0.29, 0.717) is 11.7 Å². The lowest BCUT2D eigenvalue weighted by Crippen LogP contribution is -2.34. The van der Waals surface area contributed by atoms with E-state index in [1.807, 2.05) is 18.1 Å². The number of hydrogen-bond acceptors (Lipinski definition) is 2. The summed E-state index contributed by atoms with van der Waals surface area (Å²) in [4.78, 5) is 18.3. The first-order valence-corrected chi connectivity index (χ1v) is 6.20. The molecule has 0 bridgehead atoms. The maximum absolute atomic E-state index is 12.3. The van der Waals surface area contributed by atoms with Gasteiger partial charge >= 0.3 is 0 Å². The summed E-state index contributed by atoms with van der Waals surface area (Å²) in [7, 11) is 1.86. The number of nitrogens with zero attached hydrogens (tertiary/aromatic N) is 3. The van der Waals surface area contributed by atoms with Crippen molar-refractivity contribution >= 4 is 5.91 Å². The summed E-state index contributed by atoms with van der Waals surface area (Å²) in [6.07, 6.45) is 4.57. The van der Waals surface area contributed by atoms with Gasteiger partial charge < -0.3 is 9.47 Å². The van der Waals surface area contributed by atoms with E-state index in [0.717, 1.165) is 19.5 Å². The second kappa shape index (κ2) is 4.17. The Morgan fingerprint density at radius 1 is 1.53 bits per heavy atom. The minimum atomic E-state index is 0.0573. The van der Waals surface area contributed by atoms with Crippen LogP contribution in [0.1, 0.15) is 37.8 Å². The first-order valence-electron chi connectivity index (χ1n) is 6.20. The molecule has 1 amide bonds. The average molecular weight is 235 g/mol. The standard InChI is InChI=1S/C13H21N3O/c1-10(2)13(3)5-7-16(9-13)12(17)11-14-6-8-15(11)4/h6,8,10H,5,7,9H2,1-4H3/t13-/m0/s1. The molecule has 1 aromatic rings. The quantitative estimate of drug-likeness (QED) is 0.785. The summed E-state index contributed by atoms with van der Waals surface area (Å²) in [5, 5.41) is 0. The van der Waals surface area contributed by atoms with Crippen LogP contribution in [0.2, 0.25) is 0 Å². The SMILES string of the molecule is CC(C)[C@@]1(C)CCN(C(=O)c2nccn2C)C1. The van der Waals surface area contributed by atoms with Crippen LogP contribution < -0.4 is 0 Å². The third kappa shape index (κ3) is 2.08. The molecule has 0 aliphatic carbocycles. The smallest absolute Gasteiger partial charge is 0.289 e. The summed E-state index contributed by atoms with van der Waals surface area (Å²) in [6, 6.07) is 0. The number of carbonyl (C=O) groups excluding carboxylic acids is 1. The first-order chi connectivity index (χ1) is 7.94. The number of aryl methyl sites for hydroxylation is 1. The topological polar surface area (TPSA) is 38.1 Å². The molecule has 1 saturated heterocycles. The number of hydrogen-bond donors (Lipinski definition) is 0. The van der Waals surface area contributed by atoms with Crippen molar-refractivity contribution in [3.63, 3.8) is 0 Å². The summed E-state index contributed by atoms with van der Waals surface area (Å²) >= 11 is 0. The number of rotatable bonds is 2. The average Bonchev–Trinajstić information content (AvgIpc) is 2.85. The monoisotopic (exact) mass is 235 g/mol. The van der Waals surface area contributed by atoms with Crippen LogP contribution in [0.15, 0.2) is 12.4 Å². The molecule has 17 heavy (non-hydrogen) atoms. The fraction of sp³-hybridized carbons (Fsp3) is 0.692. The summed E-state index contributed by atoms with van der Waals surface area (Å²) in [5.41, 5.74) is 0.251. The fourth-order valence-electron chi connectivity index (χ4n) is 2.34. The van der Waals surface area contributed by atoms with Crippen molar-refractivity contribution < 1.29 is 4.79 Å². The number of imidazole rings is 1. The van der Waals surface area contributed by atoms with E-state index in [9.17, 15) is 4.79 Å². The normalized spacial score (nSPS) is 24.6. The number of aromatic nitrogens is 2. The van der Waals surface area contributed by atoms with Gasteiger partial charge in [-0.15, -0.1) is 0 Å². The molecule has 4 heteroatoms. The molecule has 4 nitrogen and oxygen atoms in total. The zero-order valence-electron chi connectivity index (χ0n) is 11.1. The molecule has 1 fully saturated rings. The second-order valence-corrected chi connectivity index (χ2v) is 5.65. The van der Waals surface area contributed by atoms with Gasteiger partial charge in [-0.2, -0.15) is 0 Å². The zero-order valence-corrected chi connectivity index (χ0v) is 11.1. The summed E-state index contributed by atoms with van der Waals surface area (Å²) < 4.78 is 1.79. The Bertz CT molecular complexity index is 424. The van der Waals surface area contributed by atoms with Gasteiger partial charge in [-0.3, -0.25) is 4.79 Å². The van der Waals surface area contributed by atoms with Crippen LogP contribution in [0.25, 0.3) is 0 Å². The molecule has 0 N–H and O–H groups in total. The highest BCUT2D eigenvalue weighted by Crippen LogP contribution is 2.37. The van der Waals surface area contributed by atoms with Gasteiger partial charge in [0.15, 0.2) is 5.82 Å². The van der Waals surface area contributed by atoms with E-state index in [4.69, 9.17) is 0 Å². The second-order valence-electron chi connectivity index (χ2n) is 5.65. The molecule has 2 rings (SSSR count). The predicted octanol–water partition coefficient (Wildman–Crippen LogP) is 1.93. The van der Waals surface area contributed by atoms with Gasteiger partial charge in [0.2, 0.25) is 0 Å².